The highest BCUT2D eigenvalue weighted by molar-refractivity contribution is 7.45. The molecular weight excluding hydrogens is 890 g/mol. The number of hydrogen-bond acceptors (Lipinski definition) is 7. The lowest BCUT2D eigenvalue weighted by Crippen LogP contribution is -2.37. The highest BCUT2D eigenvalue weighted by Gasteiger charge is 2.20. The van der Waals surface area contributed by atoms with Gasteiger partial charge in [0.1, 0.15) is 19.3 Å². The van der Waals surface area contributed by atoms with Crippen LogP contribution in [0.3, 0.4) is 0 Å². The summed E-state index contributed by atoms with van der Waals surface area (Å²) in [6.45, 7) is 5.34. The standard InChI is InChI=1S/C61H114NO7P/c1-6-8-10-12-14-16-18-20-22-24-26-28-30-31-32-34-36-38-40-42-44-46-48-50-52-54-61(63)69-60(59-68-70(64,65)67-57-55-62(3,4)5)58-66-56-53-51-49-47-45-43-41-39-37-35-33-29-27-25-23-21-19-17-15-13-11-9-7-2/h8,10,14,16,20,22,26,28,31-32,60H,6-7,9,11-13,15,17-19,21,23-25,27,29-30,33-59H2,1-5H3/b10-8-,16-14-,22-20-,28-26-,32-31-. The average Bonchev–Trinajstić information content (AvgIpc) is 3.32. The minimum Gasteiger partial charge on any atom is -0.756 e. The van der Waals surface area contributed by atoms with Gasteiger partial charge in [0.05, 0.1) is 34.4 Å². The Balaban J connectivity index is 4.07. The maximum absolute atomic E-state index is 12.8. The minimum atomic E-state index is -4.54. The van der Waals surface area contributed by atoms with Gasteiger partial charge in [0, 0.05) is 13.0 Å². The Hall–Kier alpha value is -1.80. The maximum atomic E-state index is 12.8. The molecule has 70 heavy (non-hydrogen) atoms. The molecule has 2 atom stereocenters. The molecule has 0 heterocycles. The quantitative estimate of drug-likeness (QED) is 0.0197. The van der Waals surface area contributed by atoms with Gasteiger partial charge in [0.2, 0.25) is 0 Å². The first-order chi connectivity index (χ1) is 34.1. The van der Waals surface area contributed by atoms with E-state index in [2.05, 4.69) is 74.6 Å². The summed E-state index contributed by atoms with van der Waals surface area (Å²) in [5.74, 6) is -0.337. The molecular formula is C61H114NO7P. The number of carbonyl (C=O) groups excluding carboxylic acids is 1. The normalized spacial score (nSPS) is 13.9. The smallest absolute Gasteiger partial charge is 0.306 e. The molecule has 0 aromatic rings. The molecule has 0 aromatic carbocycles. The Labute approximate surface area is 434 Å². The Kier molecular flexibility index (Phi) is 52.1. The molecule has 0 saturated carbocycles. The van der Waals surface area contributed by atoms with Crippen LogP contribution in [0.1, 0.15) is 264 Å². The van der Waals surface area contributed by atoms with Gasteiger partial charge in [-0.2, -0.15) is 0 Å². The van der Waals surface area contributed by atoms with Crippen molar-refractivity contribution in [1.29, 1.82) is 0 Å². The molecule has 0 N–H and O–H groups in total. The van der Waals surface area contributed by atoms with Crippen molar-refractivity contribution in [2.75, 3.05) is 54.1 Å². The number of carbonyl (C=O) groups is 1. The Morgan fingerprint density at radius 2 is 0.829 bits per heavy atom. The van der Waals surface area contributed by atoms with Gasteiger partial charge < -0.3 is 27.9 Å². The fraction of sp³-hybridized carbons (Fsp3) is 0.820. The van der Waals surface area contributed by atoms with E-state index in [1.165, 1.54) is 173 Å². The second-order valence-electron chi connectivity index (χ2n) is 21.0. The molecule has 0 aromatic heterocycles. The SMILES string of the molecule is CC/C=C\C/C=C\C/C=C\C/C=C\C/C=C\CCCCCCCCCCCC(=O)OC(COCCCCCCCCCCCCCCCCCCCCCCCCC)COP(=O)([O-])OCC[N+](C)(C)C. The van der Waals surface area contributed by atoms with Gasteiger partial charge in [-0.25, -0.2) is 0 Å². The van der Waals surface area contributed by atoms with Crippen molar-refractivity contribution >= 4 is 13.8 Å². The number of rotatable bonds is 55. The van der Waals surface area contributed by atoms with Crippen LogP contribution in [0.15, 0.2) is 60.8 Å². The van der Waals surface area contributed by atoms with Crippen molar-refractivity contribution in [2.45, 2.75) is 270 Å². The topological polar surface area (TPSA) is 94.1 Å². The third-order valence-corrected chi connectivity index (χ3v) is 13.8. The number of unbranched alkanes of at least 4 members (excludes halogenated alkanes) is 31. The number of esters is 1. The maximum Gasteiger partial charge on any atom is 0.306 e. The van der Waals surface area contributed by atoms with Crippen LogP contribution >= 0.6 is 7.82 Å². The van der Waals surface area contributed by atoms with Crippen molar-refractivity contribution in [3.8, 4) is 0 Å². The summed E-state index contributed by atoms with van der Waals surface area (Å²) in [6.07, 6.45) is 69.8. The molecule has 0 aliphatic rings. The summed E-state index contributed by atoms with van der Waals surface area (Å²) in [5.41, 5.74) is 0. The Morgan fingerprint density at radius 1 is 0.457 bits per heavy atom. The van der Waals surface area contributed by atoms with Gasteiger partial charge in [-0.05, 0) is 57.8 Å². The molecule has 0 saturated heterocycles. The summed E-state index contributed by atoms with van der Waals surface area (Å²) in [7, 11) is 1.36. The fourth-order valence-electron chi connectivity index (χ4n) is 8.34. The van der Waals surface area contributed by atoms with Crippen LogP contribution in [-0.2, 0) is 27.9 Å². The minimum absolute atomic E-state index is 0.0244. The first kappa shape index (κ1) is 68.2. The molecule has 8 nitrogen and oxygen atoms in total. The van der Waals surface area contributed by atoms with E-state index in [9.17, 15) is 14.3 Å². The average molecular weight is 1000 g/mol. The predicted octanol–water partition coefficient (Wildman–Crippen LogP) is 18.2. The van der Waals surface area contributed by atoms with Crippen LogP contribution in [-0.4, -0.2) is 70.7 Å². The Bertz CT molecular complexity index is 1300. The summed E-state index contributed by atoms with van der Waals surface area (Å²) in [4.78, 5) is 25.3. The molecule has 0 amide bonds. The van der Waals surface area contributed by atoms with Gasteiger partial charge in [0.25, 0.3) is 7.82 Å². The molecule has 0 rings (SSSR count). The van der Waals surface area contributed by atoms with Crippen molar-refractivity contribution in [3.05, 3.63) is 60.8 Å². The van der Waals surface area contributed by atoms with E-state index in [-0.39, 0.29) is 25.8 Å². The van der Waals surface area contributed by atoms with Crippen LogP contribution in [0.5, 0.6) is 0 Å². The lowest BCUT2D eigenvalue weighted by Gasteiger charge is -2.28. The number of phosphoric ester groups is 1. The number of phosphoric acid groups is 1. The molecule has 410 valence electrons. The number of hydrogen-bond donors (Lipinski definition) is 0. The highest BCUT2D eigenvalue weighted by atomic mass is 31.2. The van der Waals surface area contributed by atoms with Gasteiger partial charge >= 0.3 is 5.97 Å². The van der Waals surface area contributed by atoms with Crippen LogP contribution in [0.25, 0.3) is 0 Å². The third kappa shape index (κ3) is 57.1. The summed E-state index contributed by atoms with van der Waals surface area (Å²) < 4.78 is 34.9. The van der Waals surface area contributed by atoms with Gasteiger partial charge in [-0.3, -0.25) is 9.36 Å². The highest BCUT2D eigenvalue weighted by Crippen LogP contribution is 2.38. The zero-order valence-electron chi connectivity index (χ0n) is 46.7. The van der Waals surface area contributed by atoms with E-state index >= 15 is 0 Å². The van der Waals surface area contributed by atoms with E-state index in [0.717, 1.165) is 70.6 Å². The third-order valence-electron chi connectivity index (χ3n) is 12.8. The van der Waals surface area contributed by atoms with E-state index < -0.39 is 13.9 Å². The van der Waals surface area contributed by atoms with Gasteiger partial charge in [-0.15, -0.1) is 0 Å². The van der Waals surface area contributed by atoms with Crippen molar-refractivity contribution in [2.24, 2.45) is 0 Å². The van der Waals surface area contributed by atoms with Crippen molar-refractivity contribution < 1.29 is 37.3 Å². The zero-order chi connectivity index (χ0) is 51.2. The van der Waals surface area contributed by atoms with E-state index in [0.29, 0.717) is 24.1 Å². The summed E-state index contributed by atoms with van der Waals surface area (Å²) in [6, 6.07) is 0. The van der Waals surface area contributed by atoms with Crippen LogP contribution < -0.4 is 4.89 Å². The largest absolute Gasteiger partial charge is 0.756 e. The summed E-state index contributed by atoms with van der Waals surface area (Å²) in [5, 5.41) is 0. The first-order valence-corrected chi connectivity index (χ1v) is 31.0. The van der Waals surface area contributed by atoms with Crippen molar-refractivity contribution in [3.63, 3.8) is 0 Å². The monoisotopic (exact) mass is 1000 g/mol. The van der Waals surface area contributed by atoms with Gasteiger partial charge in [-0.1, -0.05) is 261 Å². The predicted molar refractivity (Wildman–Crippen MR) is 300 cm³/mol. The fourth-order valence-corrected chi connectivity index (χ4v) is 9.07. The Morgan fingerprint density at radius 3 is 1.24 bits per heavy atom. The van der Waals surface area contributed by atoms with Crippen LogP contribution in [0, 0.1) is 0 Å². The first-order valence-electron chi connectivity index (χ1n) is 29.5. The van der Waals surface area contributed by atoms with E-state index in [1.54, 1.807) is 0 Å². The van der Waals surface area contributed by atoms with Gasteiger partial charge in [0.15, 0.2) is 0 Å². The lowest BCUT2D eigenvalue weighted by molar-refractivity contribution is -0.870. The molecule has 2 unspecified atom stereocenters. The number of ether oxygens (including phenoxy) is 2. The molecule has 0 aliphatic heterocycles. The molecule has 0 radical (unpaired) electrons. The van der Waals surface area contributed by atoms with Crippen LogP contribution in [0.2, 0.25) is 0 Å². The molecule has 0 spiro atoms. The number of likely N-dealkylation sites (N-methyl/N-ethyl adjacent to an activating group) is 1. The molecule has 9 heteroatoms. The number of nitrogens with zero attached hydrogens (tertiary/aromatic N) is 1. The molecule has 0 aliphatic carbocycles. The van der Waals surface area contributed by atoms with Crippen LogP contribution in [0.4, 0.5) is 0 Å². The number of quaternary nitrogens is 1. The second-order valence-corrected chi connectivity index (χ2v) is 22.4. The van der Waals surface area contributed by atoms with Crippen molar-refractivity contribution in [1.82, 2.24) is 0 Å². The number of allylic oxidation sites excluding steroid dienone is 10. The summed E-state index contributed by atoms with van der Waals surface area (Å²) >= 11 is 0. The molecule has 0 fully saturated rings. The van der Waals surface area contributed by atoms with E-state index in [1.807, 2.05) is 21.1 Å². The zero-order valence-corrected chi connectivity index (χ0v) is 47.6. The second kappa shape index (κ2) is 53.5. The lowest BCUT2D eigenvalue weighted by atomic mass is 10.0. The molecule has 0 bridgehead atoms. The van der Waals surface area contributed by atoms with E-state index in [4.69, 9.17) is 18.5 Å².